The van der Waals surface area contributed by atoms with E-state index in [1.807, 2.05) is 0 Å². The Labute approximate surface area is 108 Å². The zero-order valence-corrected chi connectivity index (χ0v) is 11.0. The Kier molecular flexibility index (Phi) is 10.9. The number of Topliss-reactive ketones (excluding diaryl/α,β-unsaturated/α-hetero) is 1. The second kappa shape index (κ2) is 10.1. The fourth-order valence-corrected chi connectivity index (χ4v) is 1.30. The summed E-state index contributed by atoms with van der Waals surface area (Å²) in [6.45, 7) is 1.80. The van der Waals surface area contributed by atoms with Gasteiger partial charge in [0.05, 0.1) is 6.04 Å². The van der Waals surface area contributed by atoms with Crippen LogP contribution in [0, 0.1) is 0 Å². The first-order valence-corrected chi connectivity index (χ1v) is 5.25. The lowest BCUT2D eigenvalue weighted by Gasteiger charge is -2.15. The lowest BCUT2D eigenvalue weighted by molar-refractivity contribution is -0.128. The fraction of sp³-hybridized carbons (Fsp3) is 0.700. The molecule has 0 spiro atoms. The van der Waals surface area contributed by atoms with E-state index in [0.29, 0.717) is 19.4 Å². The SMILES string of the molecule is CC(=O)N[C@@H](CCCN)C(=O)CCC(N)=O.S. The lowest BCUT2D eigenvalue weighted by Crippen LogP contribution is -2.40. The quantitative estimate of drug-likeness (QED) is 0.530. The van der Waals surface area contributed by atoms with Gasteiger partial charge in [-0.2, -0.15) is 13.5 Å². The number of hydrogen-bond acceptors (Lipinski definition) is 4. The molecule has 0 radical (unpaired) electrons. The molecule has 7 heteroatoms. The van der Waals surface area contributed by atoms with Crippen LogP contribution >= 0.6 is 13.5 Å². The Morgan fingerprint density at radius 2 is 1.82 bits per heavy atom. The van der Waals surface area contributed by atoms with Crippen molar-refractivity contribution in [2.75, 3.05) is 6.54 Å². The van der Waals surface area contributed by atoms with Gasteiger partial charge in [0.15, 0.2) is 5.78 Å². The second-order valence-corrected chi connectivity index (χ2v) is 3.62. The van der Waals surface area contributed by atoms with Gasteiger partial charge in [-0.05, 0) is 19.4 Å². The number of hydrogen-bond donors (Lipinski definition) is 3. The monoisotopic (exact) mass is 263 g/mol. The van der Waals surface area contributed by atoms with E-state index < -0.39 is 11.9 Å². The highest BCUT2D eigenvalue weighted by molar-refractivity contribution is 7.59. The summed E-state index contributed by atoms with van der Waals surface area (Å²) < 4.78 is 0. The van der Waals surface area contributed by atoms with Crippen molar-refractivity contribution in [2.45, 2.75) is 38.6 Å². The van der Waals surface area contributed by atoms with Crippen molar-refractivity contribution < 1.29 is 14.4 Å². The molecule has 0 aromatic rings. The van der Waals surface area contributed by atoms with E-state index in [-0.39, 0.29) is 38.0 Å². The Balaban J connectivity index is 0. The van der Waals surface area contributed by atoms with Gasteiger partial charge in [-0.1, -0.05) is 0 Å². The summed E-state index contributed by atoms with van der Waals surface area (Å²) in [7, 11) is 0. The van der Waals surface area contributed by atoms with Gasteiger partial charge in [0.25, 0.3) is 0 Å². The van der Waals surface area contributed by atoms with Crippen LogP contribution in [0.2, 0.25) is 0 Å². The van der Waals surface area contributed by atoms with Gasteiger partial charge < -0.3 is 16.8 Å². The number of rotatable bonds is 8. The van der Waals surface area contributed by atoms with Gasteiger partial charge in [0.2, 0.25) is 11.8 Å². The highest BCUT2D eigenvalue weighted by Gasteiger charge is 2.18. The molecule has 0 saturated carbocycles. The molecule has 0 fully saturated rings. The summed E-state index contributed by atoms with van der Waals surface area (Å²) >= 11 is 0. The summed E-state index contributed by atoms with van der Waals surface area (Å²) in [6, 6.07) is -0.555. The van der Waals surface area contributed by atoms with Gasteiger partial charge in [0, 0.05) is 19.8 Å². The average Bonchev–Trinajstić information content (AvgIpc) is 2.20. The minimum absolute atomic E-state index is 0. The number of amides is 2. The minimum atomic E-state index is -0.555. The van der Waals surface area contributed by atoms with Gasteiger partial charge in [-0.25, -0.2) is 0 Å². The summed E-state index contributed by atoms with van der Waals surface area (Å²) in [5, 5.41) is 2.54. The van der Waals surface area contributed by atoms with Crippen molar-refractivity contribution in [1.82, 2.24) is 5.32 Å². The summed E-state index contributed by atoms with van der Waals surface area (Å²) in [5.41, 5.74) is 10.3. The third kappa shape index (κ3) is 9.83. The number of carbonyl (C=O) groups is 3. The van der Waals surface area contributed by atoms with Crippen molar-refractivity contribution in [1.29, 1.82) is 0 Å². The Hall–Kier alpha value is -1.08. The highest BCUT2D eigenvalue weighted by Crippen LogP contribution is 2.03. The van der Waals surface area contributed by atoms with Crippen LogP contribution in [0.15, 0.2) is 0 Å². The molecular weight excluding hydrogens is 242 g/mol. The van der Waals surface area contributed by atoms with Crippen LogP contribution in [0.3, 0.4) is 0 Å². The smallest absolute Gasteiger partial charge is 0.217 e. The maximum Gasteiger partial charge on any atom is 0.217 e. The molecule has 0 rings (SSSR count). The molecule has 6 nitrogen and oxygen atoms in total. The topological polar surface area (TPSA) is 115 Å². The van der Waals surface area contributed by atoms with E-state index in [1.165, 1.54) is 6.92 Å². The largest absolute Gasteiger partial charge is 0.370 e. The fourth-order valence-electron chi connectivity index (χ4n) is 1.30. The van der Waals surface area contributed by atoms with E-state index >= 15 is 0 Å². The molecule has 0 aromatic carbocycles. The van der Waals surface area contributed by atoms with Crippen molar-refractivity contribution in [3.05, 3.63) is 0 Å². The van der Waals surface area contributed by atoms with Crippen LogP contribution in [-0.2, 0) is 14.4 Å². The maximum absolute atomic E-state index is 11.6. The minimum Gasteiger partial charge on any atom is -0.370 e. The van der Waals surface area contributed by atoms with Crippen molar-refractivity contribution >= 4 is 31.1 Å². The predicted octanol–water partition coefficient (Wildman–Crippen LogP) is -0.823. The molecule has 0 aromatic heterocycles. The van der Waals surface area contributed by atoms with E-state index in [4.69, 9.17) is 11.5 Å². The van der Waals surface area contributed by atoms with Crippen LogP contribution in [0.25, 0.3) is 0 Å². The third-order valence-electron chi connectivity index (χ3n) is 2.08. The highest BCUT2D eigenvalue weighted by atomic mass is 32.1. The van der Waals surface area contributed by atoms with Crippen LogP contribution in [0.1, 0.15) is 32.6 Å². The zero-order valence-electron chi connectivity index (χ0n) is 9.99. The predicted molar refractivity (Wildman–Crippen MR) is 69.7 cm³/mol. The average molecular weight is 263 g/mol. The molecule has 100 valence electrons. The number of ketones is 1. The molecule has 0 bridgehead atoms. The standard InChI is InChI=1S/C10H19N3O3.H2S/c1-7(14)13-8(3-2-6-11)9(15)4-5-10(12)16;/h8H,2-6,11H2,1H3,(H2,12,16)(H,13,14);1H2/t8-;/m0./s1. The Morgan fingerprint density at radius 1 is 1.24 bits per heavy atom. The first-order chi connectivity index (χ1) is 7.47. The number of primary amides is 1. The third-order valence-corrected chi connectivity index (χ3v) is 2.08. The van der Waals surface area contributed by atoms with E-state index in [9.17, 15) is 14.4 Å². The van der Waals surface area contributed by atoms with Crippen LogP contribution in [0.4, 0.5) is 0 Å². The zero-order chi connectivity index (χ0) is 12.6. The summed E-state index contributed by atoms with van der Waals surface area (Å²) in [5.74, 6) is -0.967. The van der Waals surface area contributed by atoms with Crippen LogP contribution in [0.5, 0.6) is 0 Å². The second-order valence-electron chi connectivity index (χ2n) is 3.62. The number of nitrogens with two attached hydrogens (primary N) is 2. The molecule has 1 atom stereocenters. The lowest BCUT2D eigenvalue weighted by atomic mass is 10.0. The molecule has 0 aliphatic heterocycles. The summed E-state index contributed by atoms with van der Waals surface area (Å²) in [6.07, 6.45) is 1.21. The molecule has 0 aliphatic rings. The van der Waals surface area contributed by atoms with Crippen LogP contribution in [-0.4, -0.2) is 30.2 Å². The Morgan fingerprint density at radius 3 is 2.24 bits per heavy atom. The van der Waals surface area contributed by atoms with E-state index in [1.54, 1.807) is 0 Å². The van der Waals surface area contributed by atoms with Crippen molar-refractivity contribution in [2.24, 2.45) is 11.5 Å². The van der Waals surface area contributed by atoms with E-state index in [2.05, 4.69) is 5.32 Å². The first-order valence-electron chi connectivity index (χ1n) is 5.25. The molecule has 2 amide bonds. The van der Waals surface area contributed by atoms with Crippen molar-refractivity contribution in [3.8, 4) is 0 Å². The number of carbonyl (C=O) groups excluding carboxylic acids is 3. The summed E-state index contributed by atoms with van der Waals surface area (Å²) in [4.78, 5) is 33.0. The number of nitrogens with one attached hydrogen (secondary N) is 1. The molecule has 0 aliphatic carbocycles. The Bertz CT molecular complexity index is 272. The van der Waals surface area contributed by atoms with E-state index in [0.717, 1.165) is 0 Å². The first kappa shape index (κ1) is 18.3. The van der Waals surface area contributed by atoms with Crippen LogP contribution < -0.4 is 16.8 Å². The molecule has 0 unspecified atom stereocenters. The maximum atomic E-state index is 11.6. The normalized spacial score (nSPS) is 11.2. The molecule has 0 saturated heterocycles. The van der Waals surface area contributed by atoms with Crippen molar-refractivity contribution in [3.63, 3.8) is 0 Å². The molecule has 0 heterocycles. The molecular formula is C10H21N3O3S. The molecule has 5 N–H and O–H groups in total. The van der Waals surface area contributed by atoms with Gasteiger partial charge in [-0.3, -0.25) is 14.4 Å². The molecule has 17 heavy (non-hydrogen) atoms. The van der Waals surface area contributed by atoms with Gasteiger partial charge >= 0.3 is 0 Å². The van der Waals surface area contributed by atoms with Gasteiger partial charge in [-0.15, -0.1) is 0 Å². The van der Waals surface area contributed by atoms with Gasteiger partial charge in [0.1, 0.15) is 0 Å².